The molecule has 0 radical (unpaired) electrons. The number of aliphatic hydroxyl groups excluding tert-OH is 1. The standard InChI is InChI=1S/C25H32N2O3S/c1-26(16-22-11-12-31-19-22)15-21-9-10-24(29-3)25(13-21)30-18-23(28)17-27(2)14-20-7-5-4-6-8-20/h4-13,19,23,28H,14-18H2,1-3H3/t23-/m0/s1. The Labute approximate surface area is 189 Å². The van der Waals surface area contributed by atoms with E-state index in [0.29, 0.717) is 18.0 Å². The Hall–Kier alpha value is -2.38. The average Bonchev–Trinajstić information content (AvgIpc) is 3.26. The van der Waals surface area contributed by atoms with Crippen LogP contribution in [0, 0.1) is 0 Å². The van der Waals surface area contributed by atoms with Gasteiger partial charge < -0.3 is 14.6 Å². The summed E-state index contributed by atoms with van der Waals surface area (Å²) < 4.78 is 11.4. The van der Waals surface area contributed by atoms with Gasteiger partial charge in [0.2, 0.25) is 0 Å². The Bertz CT molecular complexity index is 902. The summed E-state index contributed by atoms with van der Waals surface area (Å²) in [5, 5.41) is 14.7. The molecular formula is C25H32N2O3S. The molecule has 166 valence electrons. The summed E-state index contributed by atoms with van der Waals surface area (Å²) in [5.74, 6) is 1.34. The molecule has 0 aliphatic rings. The predicted molar refractivity (Wildman–Crippen MR) is 127 cm³/mol. The van der Waals surface area contributed by atoms with Crippen LogP contribution in [0.25, 0.3) is 0 Å². The molecule has 0 amide bonds. The van der Waals surface area contributed by atoms with E-state index in [2.05, 4.69) is 51.9 Å². The first-order valence-electron chi connectivity index (χ1n) is 10.4. The molecule has 0 saturated heterocycles. The zero-order chi connectivity index (χ0) is 22.1. The fraction of sp³-hybridized carbons (Fsp3) is 0.360. The minimum Gasteiger partial charge on any atom is -0.493 e. The van der Waals surface area contributed by atoms with Gasteiger partial charge in [-0.15, -0.1) is 0 Å². The van der Waals surface area contributed by atoms with Crippen LogP contribution in [0.2, 0.25) is 0 Å². The van der Waals surface area contributed by atoms with Crippen LogP contribution in [0.1, 0.15) is 16.7 Å². The molecule has 1 atom stereocenters. The SMILES string of the molecule is COc1ccc(CN(C)Cc2ccsc2)cc1OC[C@@H](O)CN(C)Cc1ccccc1. The Morgan fingerprint density at radius 1 is 0.871 bits per heavy atom. The van der Waals surface area contributed by atoms with Crippen LogP contribution in [0.15, 0.2) is 65.4 Å². The summed E-state index contributed by atoms with van der Waals surface area (Å²) in [6, 6.07) is 18.4. The summed E-state index contributed by atoms with van der Waals surface area (Å²) in [6.07, 6.45) is -0.594. The summed E-state index contributed by atoms with van der Waals surface area (Å²) >= 11 is 1.72. The fourth-order valence-corrected chi connectivity index (χ4v) is 4.21. The van der Waals surface area contributed by atoms with E-state index in [-0.39, 0.29) is 6.61 Å². The van der Waals surface area contributed by atoms with Crippen molar-refractivity contribution in [1.29, 1.82) is 0 Å². The lowest BCUT2D eigenvalue weighted by Crippen LogP contribution is -2.32. The molecule has 6 heteroatoms. The van der Waals surface area contributed by atoms with E-state index in [1.54, 1.807) is 18.4 Å². The minimum atomic E-state index is -0.594. The topological polar surface area (TPSA) is 45.2 Å². The Balaban J connectivity index is 1.52. The molecule has 31 heavy (non-hydrogen) atoms. The summed E-state index contributed by atoms with van der Waals surface area (Å²) in [4.78, 5) is 4.36. The lowest BCUT2D eigenvalue weighted by atomic mass is 10.2. The van der Waals surface area contributed by atoms with Gasteiger partial charge in [0.1, 0.15) is 12.7 Å². The van der Waals surface area contributed by atoms with Crippen molar-refractivity contribution in [2.75, 3.05) is 34.4 Å². The highest BCUT2D eigenvalue weighted by Gasteiger charge is 2.13. The third-order valence-electron chi connectivity index (χ3n) is 4.96. The molecule has 0 spiro atoms. The van der Waals surface area contributed by atoms with Gasteiger partial charge >= 0.3 is 0 Å². The largest absolute Gasteiger partial charge is 0.493 e. The van der Waals surface area contributed by atoms with Crippen molar-refractivity contribution >= 4 is 11.3 Å². The molecule has 0 bridgehead atoms. The maximum absolute atomic E-state index is 10.5. The van der Waals surface area contributed by atoms with Crippen LogP contribution >= 0.6 is 11.3 Å². The lowest BCUT2D eigenvalue weighted by Gasteiger charge is -2.22. The quantitative estimate of drug-likeness (QED) is 0.456. The summed E-state index contributed by atoms with van der Waals surface area (Å²) in [6.45, 7) is 3.23. The smallest absolute Gasteiger partial charge is 0.161 e. The van der Waals surface area contributed by atoms with Gasteiger partial charge in [0, 0.05) is 26.2 Å². The van der Waals surface area contributed by atoms with Gasteiger partial charge in [-0.1, -0.05) is 36.4 Å². The van der Waals surface area contributed by atoms with E-state index in [0.717, 1.165) is 25.2 Å². The van der Waals surface area contributed by atoms with Crippen LogP contribution in [0.4, 0.5) is 0 Å². The molecule has 3 rings (SSSR count). The number of benzene rings is 2. The maximum atomic E-state index is 10.5. The zero-order valence-corrected chi connectivity index (χ0v) is 19.3. The number of methoxy groups -OCH3 is 1. The number of thiophene rings is 1. The second-order valence-electron chi connectivity index (χ2n) is 7.94. The van der Waals surface area contributed by atoms with Gasteiger partial charge in [0.05, 0.1) is 7.11 Å². The molecule has 2 aromatic carbocycles. The van der Waals surface area contributed by atoms with Crippen LogP contribution < -0.4 is 9.47 Å². The normalized spacial score (nSPS) is 12.3. The molecule has 1 N–H and O–H groups in total. The van der Waals surface area contributed by atoms with E-state index in [4.69, 9.17) is 9.47 Å². The minimum absolute atomic E-state index is 0.212. The maximum Gasteiger partial charge on any atom is 0.161 e. The van der Waals surface area contributed by atoms with Crippen molar-refractivity contribution in [2.45, 2.75) is 25.7 Å². The second kappa shape index (κ2) is 11.9. The van der Waals surface area contributed by atoms with Gasteiger partial charge in [-0.3, -0.25) is 9.80 Å². The molecular weight excluding hydrogens is 408 g/mol. The van der Waals surface area contributed by atoms with Gasteiger partial charge in [-0.05, 0) is 59.7 Å². The van der Waals surface area contributed by atoms with Crippen molar-refractivity contribution in [3.63, 3.8) is 0 Å². The average molecular weight is 441 g/mol. The third-order valence-corrected chi connectivity index (χ3v) is 5.69. The molecule has 0 unspecified atom stereocenters. The lowest BCUT2D eigenvalue weighted by molar-refractivity contribution is 0.0732. The number of hydrogen-bond acceptors (Lipinski definition) is 6. The Kier molecular flexibility index (Phi) is 8.91. The van der Waals surface area contributed by atoms with E-state index in [1.165, 1.54) is 11.1 Å². The van der Waals surface area contributed by atoms with Crippen molar-refractivity contribution in [3.8, 4) is 11.5 Å². The fourth-order valence-electron chi connectivity index (χ4n) is 3.55. The molecule has 0 aliphatic heterocycles. The molecule has 1 aromatic heterocycles. The van der Waals surface area contributed by atoms with Crippen LogP contribution in [-0.2, 0) is 19.6 Å². The van der Waals surface area contributed by atoms with Gasteiger partial charge in [-0.25, -0.2) is 0 Å². The molecule has 1 heterocycles. The number of hydrogen-bond donors (Lipinski definition) is 1. The van der Waals surface area contributed by atoms with E-state index in [1.807, 2.05) is 37.4 Å². The van der Waals surface area contributed by atoms with Crippen molar-refractivity contribution < 1.29 is 14.6 Å². The Morgan fingerprint density at radius 2 is 1.61 bits per heavy atom. The monoisotopic (exact) mass is 440 g/mol. The Morgan fingerprint density at radius 3 is 2.32 bits per heavy atom. The van der Waals surface area contributed by atoms with Crippen molar-refractivity contribution in [2.24, 2.45) is 0 Å². The van der Waals surface area contributed by atoms with Crippen molar-refractivity contribution in [1.82, 2.24) is 9.80 Å². The van der Waals surface area contributed by atoms with E-state index >= 15 is 0 Å². The first kappa shape index (κ1) is 23.3. The van der Waals surface area contributed by atoms with Crippen LogP contribution in [-0.4, -0.2) is 55.4 Å². The van der Waals surface area contributed by atoms with Gasteiger partial charge in [0.15, 0.2) is 11.5 Å². The van der Waals surface area contributed by atoms with E-state index < -0.39 is 6.10 Å². The molecule has 0 saturated carbocycles. The van der Waals surface area contributed by atoms with E-state index in [9.17, 15) is 5.11 Å². The highest BCUT2D eigenvalue weighted by atomic mass is 32.1. The molecule has 3 aromatic rings. The zero-order valence-electron chi connectivity index (χ0n) is 18.5. The van der Waals surface area contributed by atoms with Crippen LogP contribution in [0.3, 0.4) is 0 Å². The molecule has 5 nitrogen and oxygen atoms in total. The number of ether oxygens (including phenoxy) is 2. The summed E-state index contributed by atoms with van der Waals surface area (Å²) in [7, 11) is 5.74. The van der Waals surface area contributed by atoms with Gasteiger partial charge in [0.25, 0.3) is 0 Å². The number of rotatable bonds is 12. The first-order valence-corrected chi connectivity index (χ1v) is 11.4. The summed E-state index contributed by atoms with van der Waals surface area (Å²) in [5.41, 5.74) is 3.68. The van der Waals surface area contributed by atoms with Gasteiger partial charge in [-0.2, -0.15) is 11.3 Å². The predicted octanol–water partition coefficient (Wildman–Crippen LogP) is 4.26. The molecule has 0 fully saturated rings. The third kappa shape index (κ3) is 7.67. The molecule has 0 aliphatic carbocycles. The highest BCUT2D eigenvalue weighted by Crippen LogP contribution is 2.29. The first-order chi connectivity index (χ1) is 15.0. The number of likely N-dealkylation sites (N-methyl/N-ethyl adjacent to an activating group) is 1. The van der Waals surface area contributed by atoms with Crippen LogP contribution in [0.5, 0.6) is 11.5 Å². The second-order valence-corrected chi connectivity index (χ2v) is 8.72. The highest BCUT2D eigenvalue weighted by molar-refractivity contribution is 7.07. The number of nitrogens with zero attached hydrogens (tertiary/aromatic N) is 2. The van der Waals surface area contributed by atoms with Crippen molar-refractivity contribution in [3.05, 3.63) is 82.0 Å². The number of aliphatic hydroxyl groups is 1.